The van der Waals surface area contributed by atoms with Crippen molar-refractivity contribution in [3.8, 4) is 0 Å². The summed E-state index contributed by atoms with van der Waals surface area (Å²) in [5.41, 5.74) is 0.187. The molecule has 0 heterocycles. The highest BCUT2D eigenvalue weighted by Crippen LogP contribution is 2.16. The van der Waals surface area contributed by atoms with E-state index in [0.717, 1.165) is 45.0 Å². The van der Waals surface area contributed by atoms with Gasteiger partial charge in [-0.3, -0.25) is 4.99 Å². The SMILES string of the molecule is C=CCCCN(C)C(=NCC(C)(C)CN(C)C)NCC. The third-order valence-corrected chi connectivity index (χ3v) is 3.00. The molecule has 0 atom stereocenters. The summed E-state index contributed by atoms with van der Waals surface area (Å²) in [5.74, 6) is 1.00. The zero-order valence-corrected chi connectivity index (χ0v) is 14.4. The lowest BCUT2D eigenvalue weighted by atomic mass is 9.93. The lowest BCUT2D eigenvalue weighted by Gasteiger charge is -2.28. The van der Waals surface area contributed by atoms with Crippen LogP contribution in [0.3, 0.4) is 0 Å². The Kier molecular flexibility index (Phi) is 9.30. The van der Waals surface area contributed by atoms with Crippen LogP contribution in [0.2, 0.25) is 0 Å². The van der Waals surface area contributed by atoms with Crippen molar-refractivity contribution < 1.29 is 0 Å². The van der Waals surface area contributed by atoms with E-state index in [2.05, 4.69) is 63.6 Å². The minimum absolute atomic E-state index is 0.187. The van der Waals surface area contributed by atoms with E-state index < -0.39 is 0 Å². The molecule has 1 N–H and O–H groups in total. The van der Waals surface area contributed by atoms with E-state index in [4.69, 9.17) is 4.99 Å². The van der Waals surface area contributed by atoms with Gasteiger partial charge in [0.15, 0.2) is 5.96 Å². The van der Waals surface area contributed by atoms with Crippen LogP contribution in [-0.2, 0) is 0 Å². The second-order valence-corrected chi connectivity index (χ2v) is 6.42. The maximum atomic E-state index is 4.80. The summed E-state index contributed by atoms with van der Waals surface area (Å²) >= 11 is 0. The third-order valence-electron chi connectivity index (χ3n) is 3.00. The molecular formula is C16H34N4. The first-order chi connectivity index (χ1) is 9.32. The molecule has 0 radical (unpaired) electrons. The minimum Gasteiger partial charge on any atom is -0.357 e. The molecule has 0 aliphatic carbocycles. The number of nitrogens with zero attached hydrogens (tertiary/aromatic N) is 3. The number of hydrogen-bond acceptors (Lipinski definition) is 2. The molecule has 0 aromatic carbocycles. The van der Waals surface area contributed by atoms with Crippen LogP contribution in [0.4, 0.5) is 0 Å². The molecule has 0 saturated heterocycles. The summed E-state index contributed by atoms with van der Waals surface area (Å²) < 4.78 is 0. The molecule has 0 amide bonds. The van der Waals surface area contributed by atoms with E-state index in [1.165, 1.54) is 0 Å². The Morgan fingerprint density at radius 3 is 2.45 bits per heavy atom. The summed E-state index contributed by atoms with van der Waals surface area (Å²) in [7, 11) is 6.32. The second-order valence-electron chi connectivity index (χ2n) is 6.42. The van der Waals surface area contributed by atoms with Crippen molar-refractivity contribution >= 4 is 5.96 Å². The highest BCUT2D eigenvalue weighted by molar-refractivity contribution is 5.79. The van der Waals surface area contributed by atoms with Gasteiger partial charge in [-0.25, -0.2) is 0 Å². The molecule has 0 fully saturated rings. The summed E-state index contributed by atoms with van der Waals surface area (Å²) in [6, 6.07) is 0. The molecule has 0 aromatic rings. The standard InChI is InChI=1S/C16H34N4/c1-8-10-11-12-20(7)15(17-9-2)18-13-16(3,4)14-19(5)6/h8H,1,9-14H2,2-7H3,(H,17,18). The first-order valence-electron chi connectivity index (χ1n) is 7.57. The minimum atomic E-state index is 0.187. The van der Waals surface area contributed by atoms with Crippen molar-refractivity contribution in [3.05, 3.63) is 12.7 Å². The maximum Gasteiger partial charge on any atom is 0.193 e. The molecule has 118 valence electrons. The van der Waals surface area contributed by atoms with E-state index in [0.29, 0.717) is 0 Å². The summed E-state index contributed by atoms with van der Waals surface area (Å²) in [4.78, 5) is 9.22. The molecule has 4 heteroatoms. The van der Waals surface area contributed by atoms with E-state index >= 15 is 0 Å². The maximum absolute atomic E-state index is 4.80. The molecular weight excluding hydrogens is 248 g/mol. The predicted molar refractivity (Wildman–Crippen MR) is 90.4 cm³/mol. The Bertz CT molecular complexity index is 295. The highest BCUT2D eigenvalue weighted by atomic mass is 15.3. The molecule has 0 aliphatic rings. The van der Waals surface area contributed by atoms with Crippen molar-refractivity contribution in [1.29, 1.82) is 0 Å². The second kappa shape index (κ2) is 9.81. The van der Waals surface area contributed by atoms with Gasteiger partial charge in [0.05, 0.1) is 0 Å². The lowest BCUT2D eigenvalue weighted by Crippen LogP contribution is -2.40. The summed E-state index contributed by atoms with van der Waals surface area (Å²) in [6.07, 6.45) is 4.14. The first-order valence-corrected chi connectivity index (χ1v) is 7.57. The van der Waals surface area contributed by atoms with Gasteiger partial charge in [0.25, 0.3) is 0 Å². The van der Waals surface area contributed by atoms with Crippen LogP contribution in [0.1, 0.15) is 33.6 Å². The van der Waals surface area contributed by atoms with Crippen molar-refractivity contribution in [1.82, 2.24) is 15.1 Å². The zero-order chi connectivity index (χ0) is 15.6. The molecule has 0 aromatic heterocycles. The molecule has 4 nitrogen and oxygen atoms in total. The van der Waals surface area contributed by atoms with Crippen LogP contribution < -0.4 is 5.32 Å². The fourth-order valence-electron chi connectivity index (χ4n) is 2.24. The average molecular weight is 282 g/mol. The normalized spacial score (nSPS) is 12.7. The van der Waals surface area contributed by atoms with Crippen LogP contribution in [0.25, 0.3) is 0 Å². The molecule has 0 rings (SSSR count). The summed E-state index contributed by atoms with van der Waals surface area (Å²) in [6.45, 7) is 14.2. The third kappa shape index (κ3) is 8.97. The van der Waals surface area contributed by atoms with E-state index in [1.54, 1.807) is 0 Å². The molecule has 0 bridgehead atoms. The molecule has 20 heavy (non-hydrogen) atoms. The van der Waals surface area contributed by atoms with Gasteiger partial charge < -0.3 is 15.1 Å². The number of rotatable bonds is 9. The van der Waals surface area contributed by atoms with Crippen molar-refractivity contribution in [2.24, 2.45) is 10.4 Å². The first kappa shape index (κ1) is 19.0. The Morgan fingerprint density at radius 1 is 1.30 bits per heavy atom. The van der Waals surface area contributed by atoms with Crippen molar-refractivity contribution in [2.75, 3.05) is 47.3 Å². The van der Waals surface area contributed by atoms with Crippen LogP contribution in [0.15, 0.2) is 17.6 Å². The van der Waals surface area contributed by atoms with Gasteiger partial charge in [-0.15, -0.1) is 6.58 Å². The quantitative estimate of drug-likeness (QED) is 0.305. The van der Waals surface area contributed by atoms with Crippen LogP contribution >= 0.6 is 0 Å². The van der Waals surface area contributed by atoms with Crippen molar-refractivity contribution in [2.45, 2.75) is 33.6 Å². The Morgan fingerprint density at radius 2 is 1.95 bits per heavy atom. The molecule has 0 saturated carbocycles. The van der Waals surface area contributed by atoms with Gasteiger partial charge in [-0.1, -0.05) is 19.9 Å². The number of aliphatic imine (C=N–C) groups is 1. The Labute approximate surface area is 125 Å². The Hall–Kier alpha value is -1.03. The topological polar surface area (TPSA) is 30.9 Å². The van der Waals surface area contributed by atoms with Gasteiger partial charge in [0.2, 0.25) is 0 Å². The molecule has 0 aliphatic heterocycles. The number of unbranched alkanes of at least 4 members (excludes halogenated alkanes) is 1. The fourth-order valence-corrected chi connectivity index (χ4v) is 2.24. The molecule has 0 unspecified atom stereocenters. The monoisotopic (exact) mass is 282 g/mol. The van der Waals surface area contributed by atoms with Gasteiger partial charge in [-0.05, 0) is 39.3 Å². The van der Waals surface area contributed by atoms with Crippen LogP contribution in [0.5, 0.6) is 0 Å². The predicted octanol–water partition coefficient (Wildman–Crippen LogP) is 2.44. The zero-order valence-electron chi connectivity index (χ0n) is 14.4. The lowest BCUT2D eigenvalue weighted by molar-refractivity contribution is 0.248. The van der Waals surface area contributed by atoms with Gasteiger partial charge in [0.1, 0.15) is 0 Å². The number of guanidine groups is 1. The van der Waals surface area contributed by atoms with Gasteiger partial charge >= 0.3 is 0 Å². The van der Waals surface area contributed by atoms with Crippen LogP contribution in [-0.4, -0.2) is 63.1 Å². The summed E-state index contributed by atoms with van der Waals surface area (Å²) in [5, 5.41) is 3.37. The van der Waals surface area contributed by atoms with E-state index in [-0.39, 0.29) is 5.41 Å². The average Bonchev–Trinajstić information content (AvgIpc) is 2.33. The smallest absolute Gasteiger partial charge is 0.193 e. The van der Waals surface area contributed by atoms with Gasteiger partial charge in [0, 0.05) is 33.2 Å². The van der Waals surface area contributed by atoms with Gasteiger partial charge in [-0.2, -0.15) is 0 Å². The number of hydrogen-bond donors (Lipinski definition) is 1. The number of allylic oxidation sites excluding steroid dienone is 1. The number of nitrogens with one attached hydrogen (secondary N) is 1. The Balaban J connectivity index is 4.55. The van der Waals surface area contributed by atoms with Crippen LogP contribution in [0, 0.1) is 5.41 Å². The molecule has 0 spiro atoms. The van der Waals surface area contributed by atoms with E-state index in [9.17, 15) is 0 Å². The highest BCUT2D eigenvalue weighted by Gasteiger charge is 2.19. The largest absolute Gasteiger partial charge is 0.357 e. The van der Waals surface area contributed by atoms with Crippen molar-refractivity contribution in [3.63, 3.8) is 0 Å². The van der Waals surface area contributed by atoms with E-state index in [1.807, 2.05) is 6.08 Å². The fraction of sp³-hybridized carbons (Fsp3) is 0.812.